The molecule has 0 amide bonds. The van der Waals surface area contributed by atoms with Gasteiger partial charge in [0.25, 0.3) is 0 Å². The van der Waals surface area contributed by atoms with E-state index in [0.717, 1.165) is 29.5 Å². The highest BCUT2D eigenvalue weighted by molar-refractivity contribution is 5.47. The van der Waals surface area contributed by atoms with Gasteiger partial charge in [-0.1, -0.05) is 0 Å². The topological polar surface area (TPSA) is 111 Å². The summed E-state index contributed by atoms with van der Waals surface area (Å²) in [4.78, 5) is 2.01. The Labute approximate surface area is 193 Å². The number of likely N-dealkylation sites (N-methyl/N-ethyl adjacent to an activating group) is 2. The van der Waals surface area contributed by atoms with Crippen LogP contribution in [0.2, 0.25) is 0 Å². The number of fused-ring (bicyclic) bond motifs is 2. The van der Waals surface area contributed by atoms with Crippen molar-refractivity contribution in [1.82, 2.24) is 10.2 Å². The van der Waals surface area contributed by atoms with Gasteiger partial charge in [-0.15, -0.1) is 0 Å². The number of rotatable bonds is 11. The maximum atomic E-state index is 9.46. The van der Waals surface area contributed by atoms with Crippen LogP contribution in [0.5, 0.6) is 34.5 Å². The summed E-state index contributed by atoms with van der Waals surface area (Å²) < 4.78 is 31.9. The number of hydrogen-bond donors (Lipinski definition) is 3. The van der Waals surface area contributed by atoms with Crippen LogP contribution in [0.4, 0.5) is 0 Å². The molecule has 10 nitrogen and oxygen atoms in total. The molecule has 2 aromatic rings. The van der Waals surface area contributed by atoms with E-state index in [4.69, 9.17) is 33.5 Å². The lowest BCUT2D eigenvalue weighted by atomic mass is 10.3. The van der Waals surface area contributed by atoms with E-state index < -0.39 is 6.10 Å². The molecule has 0 aromatic heterocycles. The van der Waals surface area contributed by atoms with Crippen LogP contribution in [0.1, 0.15) is 0 Å². The van der Waals surface area contributed by atoms with E-state index in [9.17, 15) is 5.11 Å². The lowest BCUT2D eigenvalue weighted by Gasteiger charge is -2.15. The number of hydrogen-bond acceptors (Lipinski definition) is 10. The predicted molar refractivity (Wildman–Crippen MR) is 121 cm³/mol. The molecular weight excluding hydrogens is 432 g/mol. The molecule has 0 saturated heterocycles. The second-order valence-corrected chi connectivity index (χ2v) is 7.43. The molecule has 0 spiro atoms. The lowest BCUT2D eigenvalue weighted by molar-refractivity contribution is 0.108. The Morgan fingerprint density at radius 1 is 0.909 bits per heavy atom. The minimum absolute atomic E-state index is 0.167. The average molecular weight is 465 g/mol. The lowest BCUT2D eigenvalue weighted by Crippen LogP contribution is -2.29. The van der Waals surface area contributed by atoms with Crippen molar-refractivity contribution in [2.45, 2.75) is 6.10 Å². The molecule has 2 heterocycles. The zero-order chi connectivity index (χ0) is 23.5. The summed E-state index contributed by atoms with van der Waals surface area (Å²) >= 11 is 0. The molecule has 0 fully saturated rings. The Bertz CT molecular complexity index is 866. The van der Waals surface area contributed by atoms with Crippen molar-refractivity contribution < 1.29 is 38.6 Å². The Morgan fingerprint density at radius 2 is 1.48 bits per heavy atom. The Hall–Kier alpha value is -2.92. The number of nitrogens with zero attached hydrogens (tertiary/aromatic N) is 1. The van der Waals surface area contributed by atoms with Gasteiger partial charge in [0.15, 0.2) is 23.0 Å². The molecule has 4 rings (SSSR count). The van der Waals surface area contributed by atoms with Crippen LogP contribution in [0.15, 0.2) is 36.4 Å². The fraction of sp³-hybridized carbons (Fsp3) is 0.478. The highest BCUT2D eigenvalue weighted by Crippen LogP contribution is 2.35. The fourth-order valence-electron chi connectivity index (χ4n) is 3.02. The number of nitrogens with one attached hydrogen (secondary N) is 1. The van der Waals surface area contributed by atoms with Crippen LogP contribution in [0.3, 0.4) is 0 Å². The van der Waals surface area contributed by atoms with E-state index in [2.05, 4.69) is 5.32 Å². The van der Waals surface area contributed by atoms with Crippen LogP contribution >= 0.6 is 0 Å². The molecular formula is C23H32N2O8. The van der Waals surface area contributed by atoms with Gasteiger partial charge in [-0.05, 0) is 38.4 Å². The van der Waals surface area contributed by atoms with Crippen LogP contribution in [-0.2, 0) is 0 Å². The van der Waals surface area contributed by atoms with Crippen molar-refractivity contribution >= 4 is 0 Å². The second kappa shape index (κ2) is 12.9. The van der Waals surface area contributed by atoms with Crippen molar-refractivity contribution in [1.29, 1.82) is 0 Å². The van der Waals surface area contributed by atoms with Gasteiger partial charge in [0.1, 0.15) is 30.8 Å². The quantitative estimate of drug-likeness (QED) is 0.447. The van der Waals surface area contributed by atoms with E-state index in [1.54, 1.807) is 25.2 Å². The molecule has 0 saturated carbocycles. The molecule has 2 aliphatic rings. The Balaban J connectivity index is 0.000000186. The Kier molecular flexibility index (Phi) is 9.70. The van der Waals surface area contributed by atoms with Gasteiger partial charge in [-0.3, -0.25) is 0 Å². The van der Waals surface area contributed by atoms with Crippen molar-refractivity contribution in [3.63, 3.8) is 0 Å². The van der Waals surface area contributed by atoms with Crippen LogP contribution in [0, 0.1) is 0 Å². The van der Waals surface area contributed by atoms with Crippen molar-refractivity contribution in [2.75, 3.05) is 67.1 Å². The summed E-state index contributed by atoms with van der Waals surface area (Å²) in [6, 6.07) is 10.9. The molecule has 1 unspecified atom stereocenters. The largest absolute Gasteiger partial charge is 0.492 e. The second-order valence-electron chi connectivity index (χ2n) is 7.43. The van der Waals surface area contributed by atoms with Gasteiger partial charge in [-0.2, -0.15) is 0 Å². The maximum absolute atomic E-state index is 9.46. The van der Waals surface area contributed by atoms with Crippen molar-refractivity contribution in [3.8, 4) is 34.5 Å². The molecule has 3 N–H and O–H groups in total. The summed E-state index contributed by atoms with van der Waals surface area (Å²) in [7, 11) is 3.73. The van der Waals surface area contributed by atoms with E-state index in [0.29, 0.717) is 31.2 Å². The van der Waals surface area contributed by atoms with Gasteiger partial charge in [0.2, 0.25) is 13.6 Å². The molecule has 182 valence electrons. The van der Waals surface area contributed by atoms with Gasteiger partial charge in [0, 0.05) is 31.8 Å². The fourth-order valence-corrected chi connectivity index (χ4v) is 3.02. The normalized spacial score (nSPS) is 14.0. The van der Waals surface area contributed by atoms with E-state index in [1.807, 2.05) is 30.1 Å². The first-order chi connectivity index (χ1) is 16.1. The zero-order valence-corrected chi connectivity index (χ0v) is 19.0. The van der Waals surface area contributed by atoms with Crippen molar-refractivity contribution in [2.24, 2.45) is 0 Å². The standard InChI is InChI=1S/C12H17NO4.C11H15NO4/c1-13(4-6-14)5-7-15-10-2-3-11-12(8-10)17-9-16-11;1-12-5-8(13)6-14-9-2-3-10-11(4-9)16-7-15-10/h2-3,8,14H,4-7,9H2,1H3;2-4,8,12-13H,5-7H2,1H3. The van der Waals surface area contributed by atoms with Gasteiger partial charge in [-0.25, -0.2) is 0 Å². The smallest absolute Gasteiger partial charge is 0.231 e. The summed E-state index contributed by atoms with van der Waals surface area (Å²) in [5.41, 5.74) is 0. The maximum Gasteiger partial charge on any atom is 0.231 e. The first kappa shape index (κ1) is 24.7. The van der Waals surface area contributed by atoms with Crippen LogP contribution in [-0.4, -0.2) is 88.4 Å². The summed E-state index contributed by atoms with van der Waals surface area (Å²) in [5, 5.41) is 21.1. The first-order valence-corrected chi connectivity index (χ1v) is 10.8. The molecule has 0 radical (unpaired) electrons. The number of aliphatic hydroxyl groups excluding tert-OH is 2. The molecule has 33 heavy (non-hydrogen) atoms. The molecule has 2 aromatic carbocycles. The van der Waals surface area contributed by atoms with Crippen LogP contribution < -0.4 is 33.7 Å². The number of aliphatic hydroxyl groups is 2. The first-order valence-electron chi connectivity index (χ1n) is 10.8. The third-order valence-corrected chi connectivity index (χ3v) is 4.79. The highest BCUT2D eigenvalue weighted by atomic mass is 16.7. The monoisotopic (exact) mass is 464 g/mol. The molecule has 0 aliphatic carbocycles. The summed E-state index contributed by atoms with van der Waals surface area (Å²) in [6.07, 6.45) is -0.518. The molecule has 0 bridgehead atoms. The third kappa shape index (κ3) is 7.86. The van der Waals surface area contributed by atoms with Crippen LogP contribution in [0.25, 0.3) is 0 Å². The predicted octanol–water partition coefficient (Wildman–Crippen LogP) is 1.09. The summed E-state index contributed by atoms with van der Waals surface area (Å²) in [6.45, 7) is 3.46. The Morgan fingerprint density at radius 3 is 2.06 bits per heavy atom. The van der Waals surface area contributed by atoms with E-state index in [-0.39, 0.29) is 26.8 Å². The van der Waals surface area contributed by atoms with E-state index >= 15 is 0 Å². The molecule has 2 aliphatic heterocycles. The van der Waals surface area contributed by atoms with Crippen molar-refractivity contribution in [3.05, 3.63) is 36.4 Å². The number of benzene rings is 2. The molecule has 1 atom stereocenters. The minimum atomic E-state index is -0.518. The van der Waals surface area contributed by atoms with E-state index in [1.165, 1.54) is 0 Å². The average Bonchev–Trinajstić information content (AvgIpc) is 3.47. The zero-order valence-electron chi connectivity index (χ0n) is 19.0. The highest BCUT2D eigenvalue weighted by Gasteiger charge is 2.15. The molecule has 10 heteroatoms. The number of ether oxygens (including phenoxy) is 6. The third-order valence-electron chi connectivity index (χ3n) is 4.79. The van der Waals surface area contributed by atoms with Gasteiger partial charge >= 0.3 is 0 Å². The summed E-state index contributed by atoms with van der Waals surface area (Å²) in [5.74, 6) is 4.33. The van der Waals surface area contributed by atoms with Gasteiger partial charge in [0.05, 0.1) is 6.61 Å². The van der Waals surface area contributed by atoms with Gasteiger partial charge < -0.3 is 48.9 Å². The SMILES string of the molecule is CN(CCO)CCOc1ccc2c(c1)OCO2.CNCC(O)COc1ccc2c(c1)OCO2. The minimum Gasteiger partial charge on any atom is -0.492 e.